The molecular formula is C12H20O2Si. The molecule has 0 aliphatic rings. The predicted molar refractivity (Wildman–Crippen MR) is 66.4 cm³/mol. The van der Waals surface area contributed by atoms with E-state index in [0.29, 0.717) is 5.54 Å². The Bertz CT molecular complexity index is 297. The summed E-state index contributed by atoms with van der Waals surface area (Å²) in [6, 6.07) is 8.50. The van der Waals surface area contributed by atoms with Gasteiger partial charge >= 0.3 is 0 Å². The molecule has 0 radical (unpaired) electrons. The number of benzene rings is 1. The highest BCUT2D eigenvalue weighted by molar-refractivity contribution is 6.12. The number of hydrogen-bond donors (Lipinski definition) is 0. The zero-order chi connectivity index (χ0) is 11.3. The maximum atomic E-state index is 5.29. The van der Waals surface area contributed by atoms with Gasteiger partial charge < -0.3 is 9.47 Å². The van der Waals surface area contributed by atoms with Gasteiger partial charge in [0.05, 0.1) is 0 Å². The summed E-state index contributed by atoms with van der Waals surface area (Å²) in [6.07, 6.45) is 0.988. The van der Waals surface area contributed by atoms with Crippen LogP contribution in [0.25, 0.3) is 0 Å². The van der Waals surface area contributed by atoms with Crippen LogP contribution >= 0.6 is 0 Å². The van der Waals surface area contributed by atoms with Crippen molar-refractivity contribution in [2.75, 3.05) is 14.2 Å². The van der Waals surface area contributed by atoms with E-state index in [4.69, 9.17) is 9.47 Å². The van der Waals surface area contributed by atoms with Crippen molar-refractivity contribution >= 4 is 10.2 Å². The average Bonchev–Trinajstić information content (AvgIpc) is 2.23. The molecule has 1 atom stereocenters. The molecule has 0 fully saturated rings. The number of hydrogen-bond acceptors (Lipinski definition) is 2. The van der Waals surface area contributed by atoms with Gasteiger partial charge in [0.1, 0.15) is 0 Å². The Hall–Kier alpha value is -0.643. The van der Waals surface area contributed by atoms with Crippen LogP contribution in [0.4, 0.5) is 0 Å². The van der Waals surface area contributed by atoms with Crippen LogP contribution in [0.3, 0.4) is 0 Å². The van der Waals surface area contributed by atoms with Crippen LogP contribution in [0.5, 0.6) is 0 Å². The second kappa shape index (κ2) is 6.05. The Morgan fingerprint density at radius 3 is 2.33 bits per heavy atom. The van der Waals surface area contributed by atoms with Crippen molar-refractivity contribution in [1.29, 1.82) is 0 Å². The summed E-state index contributed by atoms with van der Waals surface area (Å²) in [5.41, 5.74) is 3.25. The van der Waals surface area contributed by atoms with Gasteiger partial charge in [0.15, 0.2) is 6.29 Å². The minimum atomic E-state index is -0.0590. The molecule has 1 unspecified atom stereocenters. The molecule has 0 N–H and O–H groups in total. The first-order valence-electron chi connectivity index (χ1n) is 5.29. The van der Waals surface area contributed by atoms with E-state index in [0.717, 1.165) is 16.7 Å². The molecule has 0 bridgehead atoms. The fraction of sp³-hybridized carbons (Fsp3) is 0.500. The van der Waals surface area contributed by atoms with E-state index in [9.17, 15) is 0 Å². The zero-order valence-electron chi connectivity index (χ0n) is 9.99. The van der Waals surface area contributed by atoms with E-state index in [2.05, 4.69) is 31.2 Å². The Morgan fingerprint density at radius 2 is 1.80 bits per heavy atom. The number of rotatable bonds is 5. The maximum Gasteiger partial charge on any atom is 0.156 e. The van der Waals surface area contributed by atoms with Gasteiger partial charge in [-0.2, -0.15) is 0 Å². The zero-order valence-corrected chi connectivity index (χ0v) is 12.0. The van der Waals surface area contributed by atoms with Gasteiger partial charge in [0.2, 0.25) is 0 Å². The minimum absolute atomic E-state index is 0.0590. The predicted octanol–water partition coefficient (Wildman–Crippen LogP) is 1.31. The molecule has 0 aliphatic carbocycles. The van der Waals surface area contributed by atoms with E-state index in [-0.39, 0.29) is 6.29 Å². The highest BCUT2D eigenvalue weighted by Crippen LogP contribution is 2.19. The van der Waals surface area contributed by atoms with Gasteiger partial charge in [-0.25, -0.2) is 0 Å². The SMILES string of the molecule is COC(OC)C([SiH3])Cc1ccccc1C. The molecule has 2 nitrogen and oxygen atoms in total. The highest BCUT2D eigenvalue weighted by Gasteiger charge is 2.16. The summed E-state index contributed by atoms with van der Waals surface area (Å²) in [5.74, 6) is 0. The van der Waals surface area contributed by atoms with Crippen LogP contribution in [0, 0.1) is 6.92 Å². The van der Waals surface area contributed by atoms with Crippen LogP contribution in [0.2, 0.25) is 5.54 Å². The molecule has 0 saturated carbocycles. The molecule has 84 valence electrons. The molecule has 0 aromatic heterocycles. The van der Waals surface area contributed by atoms with E-state index in [1.54, 1.807) is 14.2 Å². The largest absolute Gasteiger partial charge is 0.356 e. The second-order valence-corrected chi connectivity index (χ2v) is 5.43. The number of aryl methyl sites for hydroxylation is 1. The van der Waals surface area contributed by atoms with Gasteiger partial charge in [-0.05, 0) is 30.0 Å². The van der Waals surface area contributed by atoms with E-state index < -0.39 is 0 Å². The van der Waals surface area contributed by atoms with Gasteiger partial charge in [0.25, 0.3) is 0 Å². The van der Waals surface area contributed by atoms with Crippen molar-refractivity contribution in [3.63, 3.8) is 0 Å². The molecule has 1 aromatic rings. The third kappa shape index (κ3) is 3.45. The van der Waals surface area contributed by atoms with Crippen molar-refractivity contribution in [3.05, 3.63) is 35.4 Å². The number of methoxy groups -OCH3 is 2. The molecule has 1 aromatic carbocycles. The monoisotopic (exact) mass is 224 g/mol. The Balaban J connectivity index is 2.65. The standard InChI is InChI=1S/C12H20O2Si/c1-9-6-4-5-7-10(9)8-11(15)12(13-2)14-3/h4-7,11-12H,8H2,1-3,15H3. The number of ether oxygens (including phenoxy) is 2. The minimum Gasteiger partial charge on any atom is -0.356 e. The lowest BCUT2D eigenvalue weighted by Gasteiger charge is -2.21. The Morgan fingerprint density at radius 1 is 1.20 bits per heavy atom. The van der Waals surface area contributed by atoms with E-state index in [1.807, 2.05) is 0 Å². The van der Waals surface area contributed by atoms with Gasteiger partial charge in [-0.15, -0.1) is 0 Å². The van der Waals surface area contributed by atoms with E-state index in [1.165, 1.54) is 11.1 Å². The Labute approximate surface area is 95.0 Å². The lowest BCUT2D eigenvalue weighted by Crippen LogP contribution is -2.22. The average molecular weight is 224 g/mol. The third-order valence-corrected chi connectivity index (χ3v) is 3.68. The van der Waals surface area contributed by atoms with Gasteiger partial charge in [-0.1, -0.05) is 24.3 Å². The van der Waals surface area contributed by atoms with Crippen molar-refractivity contribution in [2.45, 2.75) is 25.2 Å². The fourth-order valence-corrected chi connectivity index (χ4v) is 2.83. The summed E-state index contributed by atoms with van der Waals surface area (Å²) >= 11 is 0. The molecule has 0 aliphatic heterocycles. The van der Waals surface area contributed by atoms with Crippen molar-refractivity contribution in [3.8, 4) is 0 Å². The molecule has 3 heteroatoms. The van der Waals surface area contributed by atoms with Crippen molar-refractivity contribution in [1.82, 2.24) is 0 Å². The van der Waals surface area contributed by atoms with Crippen molar-refractivity contribution in [2.24, 2.45) is 0 Å². The topological polar surface area (TPSA) is 18.5 Å². The van der Waals surface area contributed by atoms with Crippen LogP contribution in [-0.4, -0.2) is 30.8 Å². The van der Waals surface area contributed by atoms with Crippen LogP contribution in [-0.2, 0) is 15.9 Å². The normalized spacial score (nSPS) is 13.3. The smallest absolute Gasteiger partial charge is 0.156 e. The molecule has 1 rings (SSSR count). The first-order chi connectivity index (χ1) is 7.19. The molecular weight excluding hydrogens is 204 g/mol. The Kier molecular flexibility index (Phi) is 5.01. The van der Waals surface area contributed by atoms with E-state index >= 15 is 0 Å². The molecule has 0 saturated heterocycles. The van der Waals surface area contributed by atoms with Crippen molar-refractivity contribution < 1.29 is 9.47 Å². The first kappa shape index (κ1) is 12.4. The summed E-state index contributed by atoms with van der Waals surface area (Å²) < 4.78 is 10.6. The highest BCUT2D eigenvalue weighted by atomic mass is 28.1. The fourth-order valence-electron chi connectivity index (χ4n) is 1.84. The lowest BCUT2D eigenvalue weighted by atomic mass is 10.0. The molecule has 0 amide bonds. The molecule has 15 heavy (non-hydrogen) atoms. The summed E-state index contributed by atoms with van der Waals surface area (Å²) in [5, 5.41) is 0. The first-order valence-corrected chi connectivity index (χ1v) is 6.44. The van der Waals surface area contributed by atoms with Gasteiger partial charge in [0, 0.05) is 24.5 Å². The van der Waals surface area contributed by atoms with Gasteiger partial charge in [-0.3, -0.25) is 0 Å². The third-order valence-electron chi connectivity index (χ3n) is 2.73. The van der Waals surface area contributed by atoms with Crippen LogP contribution in [0.1, 0.15) is 11.1 Å². The summed E-state index contributed by atoms with van der Waals surface area (Å²) in [6.45, 7) is 2.15. The van der Waals surface area contributed by atoms with Crippen LogP contribution < -0.4 is 0 Å². The lowest BCUT2D eigenvalue weighted by molar-refractivity contribution is -0.104. The molecule has 0 spiro atoms. The second-order valence-electron chi connectivity index (χ2n) is 3.95. The summed E-state index contributed by atoms with van der Waals surface area (Å²) in [4.78, 5) is 0. The summed E-state index contributed by atoms with van der Waals surface area (Å²) in [7, 11) is 4.48. The molecule has 0 heterocycles. The maximum absolute atomic E-state index is 5.29. The van der Waals surface area contributed by atoms with Crippen LogP contribution in [0.15, 0.2) is 24.3 Å². The quantitative estimate of drug-likeness (QED) is 0.554.